The first-order valence-electron chi connectivity index (χ1n) is 8.67. The smallest absolute Gasteiger partial charge is 0.126 e. The van der Waals surface area contributed by atoms with E-state index in [1.165, 1.54) is 24.0 Å². The molecule has 1 saturated heterocycles. The lowest BCUT2D eigenvalue weighted by Crippen LogP contribution is -2.29. The number of hydrogen-bond donors (Lipinski definition) is 1. The molecule has 0 amide bonds. The molecule has 1 atom stereocenters. The Hall–Kier alpha value is -1.06. The lowest BCUT2D eigenvalue weighted by Gasteiger charge is -2.20. The second-order valence-electron chi connectivity index (χ2n) is 6.76. The number of nitrogens with one attached hydrogen (secondary N) is 1. The molecule has 1 aromatic rings. The van der Waals surface area contributed by atoms with Crippen molar-refractivity contribution in [3.8, 4) is 5.75 Å². The molecule has 124 valence electrons. The summed E-state index contributed by atoms with van der Waals surface area (Å²) in [5.41, 5.74) is 2.62. The van der Waals surface area contributed by atoms with Gasteiger partial charge in [0, 0.05) is 19.7 Å². The molecule has 1 aliphatic heterocycles. The van der Waals surface area contributed by atoms with Gasteiger partial charge < -0.3 is 14.8 Å². The zero-order valence-corrected chi connectivity index (χ0v) is 14.5. The van der Waals surface area contributed by atoms with Crippen molar-refractivity contribution in [2.75, 3.05) is 26.3 Å². The van der Waals surface area contributed by atoms with E-state index in [4.69, 9.17) is 9.47 Å². The molecular formula is C19H31NO2. The zero-order chi connectivity index (χ0) is 15.9. The Bertz CT molecular complexity index is 424. The molecule has 0 aliphatic carbocycles. The molecule has 1 aliphatic rings. The summed E-state index contributed by atoms with van der Waals surface area (Å²) in [7, 11) is 0. The molecule has 0 aromatic heterocycles. The van der Waals surface area contributed by atoms with Crippen molar-refractivity contribution < 1.29 is 9.47 Å². The quantitative estimate of drug-likeness (QED) is 0.734. The average Bonchev–Trinajstić information content (AvgIpc) is 2.99. The Balaban J connectivity index is 1.87. The summed E-state index contributed by atoms with van der Waals surface area (Å²) in [4.78, 5) is 0. The Morgan fingerprint density at radius 3 is 2.41 bits per heavy atom. The molecule has 0 bridgehead atoms. The van der Waals surface area contributed by atoms with Crippen LogP contribution >= 0.6 is 0 Å². The topological polar surface area (TPSA) is 30.5 Å². The van der Waals surface area contributed by atoms with Crippen LogP contribution in [0.2, 0.25) is 0 Å². The van der Waals surface area contributed by atoms with Gasteiger partial charge in [0.2, 0.25) is 0 Å². The molecule has 2 rings (SSSR count). The molecule has 3 nitrogen and oxygen atoms in total. The third-order valence-electron chi connectivity index (χ3n) is 4.24. The molecule has 1 N–H and O–H groups in total. The van der Waals surface area contributed by atoms with Gasteiger partial charge in [-0.1, -0.05) is 45.9 Å². The van der Waals surface area contributed by atoms with Crippen molar-refractivity contribution >= 4 is 0 Å². The van der Waals surface area contributed by atoms with E-state index in [0.29, 0.717) is 24.5 Å². The summed E-state index contributed by atoms with van der Waals surface area (Å²) in [5, 5.41) is 3.44. The second-order valence-corrected chi connectivity index (χ2v) is 6.76. The number of benzene rings is 1. The fourth-order valence-corrected chi connectivity index (χ4v) is 2.94. The minimum atomic E-state index is 0.397. The van der Waals surface area contributed by atoms with E-state index in [2.05, 4.69) is 51.2 Å². The highest BCUT2D eigenvalue weighted by atomic mass is 16.5. The van der Waals surface area contributed by atoms with Crippen LogP contribution in [0.5, 0.6) is 5.75 Å². The standard InChI is InChI=1S/C19H31NO2/c1-14(2)17-8-5-9-18(15(3)4)19(17)22-12-10-20-13-16-7-6-11-21-16/h5,8-9,14-16,20H,6-7,10-13H2,1-4H3/t16-/m0/s1. The highest BCUT2D eigenvalue weighted by Gasteiger charge is 2.16. The van der Waals surface area contributed by atoms with Crippen LogP contribution in [0, 0.1) is 0 Å². The van der Waals surface area contributed by atoms with E-state index in [1.54, 1.807) is 0 Å². The van der Waals surface area contributed by atoms with Crippen LogP contribution in [0.15, 0.2) is 18.2 Å². The largest absolute Gasteiger partial charge is 0.492 e. The van der Waals surface area contributed by atoms with Gasteiger partial charge in [0.1, 0.15) is 12.4 Å². The van der Waals surface area contributed by atoms with Crippen LogP contribution in [-0.4, -0.2) is 32.4 Å². The Morgan fingerprint density at radius 2 is 1.86 bits per heavy atom. The van der Waals surface area contributed by atoms with E-state index in [0.717, 1.165) is 25.4 Å². The molecule has 1 fully saturated rings. The van der Waals surface area contributed by atoms with Crippen molar-refractivity contribution in [1.82, 2.24) is 5.32 Å². The van der Waals surface area contributed by atoms with Crippen molar-refractivity contribution in [2.24, 2.45) is 0 Å². The number of hydrogen-bond acceptors (Lipinski definition) is 3. The van der Waals surface area contributed by atoms with Crippen LogP contribution in [0.3, 0.4) is 0 Å². The van der Waals surface area contributed by atoms with E-state index >= 15 is 0 Å². The molecule has 1 heterocycles. The Labute approximate surface area is 135 Å². The maximum absolute atomic E-state index is 6.15. The molecule has 0 saturated carbocycles. The third-order valence-corrected chi connectivity index (χ3v) is 4.24. The molecular weight excluding hydrogens is 274 g/mol. The van der Waals surface area contributed by atoms with Gasteiger partial charge >= 0.3 is 0 Å². The fourth-order valence-electron chi connectivity index (χ4n) is 2.94. The van der Waals surface area contributed by atoms with E-state index in [9.17, 15) is 0 Å². The maximum Gasteiger partial charge on any atom is 0.126 e. The van der Waals surface area contributed by atoms with E-state index in [1.807, 2.05) is 0 Å². The number of ether oxygens (including phenoxy) is 2. The molecule has 22 heavy (non-hydrogen) atoms. The van der Waals surface area contributed by atoms with Gasteiger partial charge in [-0.15, -0.1) is 0 Å². The van der Waals surface area contributed by atoms with E-state index in [-0.39, 0.29) is 0 Å². The predicted octanol–water partition coefficient (Wildman–Crippen LogP) is 4.08. The fraction of sp³-hybridized carbons (Fsp3) is 0.684. The normalized spacial score (nSPS) is 18.4. The monoisotopic (exact) mass is 305 g/mol. The minimum absolute atomic E-state index is 0.397. The van der Waals surface area contributed by atoms with Crippen LogP contribution in [0.25, 0.3) is 0 Å². The van der Waals surface area contributed by atoms with Gasteiger partial charge in [-0.25, -0.2) is 0 Å². The number of para-hydroxylation sites is 1. The van der Waals surface area contributed by atoms with Crippen LogP contribution in [0.4, 0.5) is 0 Å². The highest BCUT2D eigenvalue weighted by molar-refractivity contribution is 5.44. The first kappa shape index (κ1) is 17.3. The summed E-state index contributed by atoms with van der Waals surface area (Å²) in [5.74, 6) is 2.05. The highest BCUT2D eigenvalue weighted by Crippen LogP contribution is 2.34. The van der Waals surface area contributed by atoms with Gasteiger partial charge in [0.05, 0.1) is 6.10 Å². The summed E-state index contributed by atoms with van der Waals surface area (Å²) in [6.07, 6.45) is 2.78. The van der Waals surface area contributed by atoms with Gasteiger partial charge in [-0.2, -0.15) is 0 Å². The molecule has 1 aromatic carbocycles. The van der Waals surface area contributed by atoms with Gasteiger partial charge in [-0.05, 0) is 35.8 Å². The van der Waals surface area contributed by atoms with Crippen LogP contribution < -0.4 is 10.1 Å². The van der Waals surface area contributed by atoms with Crippen molar-refractivity contribution in [3.05, 3.63) is 29.3 Å². The molecule has 0 unspecified atom stereocenters. The first-order chi connectivity index (χ1) is 10.6. The molecule has 0 spiro atoms. The summed E-state index contributed by atoms with van der Waals surface area (Å²) in [6, 6.07) is 6.52. The SMILES string of the molecule is CC(C)c1cccc(C(C)C)c1OCCNC[C@@H]1CCCO1. The van der Waals surface area contributed by atoms with Gasteiger partial charge in [0.15, 0.2) is 0 Å². The second kappa shape index (κ2) is 8.54. The van der Waals surface area contributed by atoms with Crippen molar-refractivity contribution in [1.29, 1.82) is 0 Å². The van der Waals surface area contributed by atoms with Gasteiger partial charge in [-0.3, -0.25) is 0 Å². The summed E-state index contributed by atoms with van der Waals surface area (Å²) >= 11 is 0. The lowest BCUT2D eigenvalue weighted by molar-refractivity contribution is 0.109. The van der Waals surface area contributed by atoms with Gasteiger partial charge in [0.25, 0.3) is 0 Å². The van der Waals surface area contributed by atoms with Crippen LogP contribution in [0.1, 0.15) is 63.5 Å². The average molecular weight is 305 g/mol. The summed E-state index contributed by atoms with van der Waals surface area (Å²) in [6.45, 7) is 12.3. The number of rotatable bonds is 8. The lowest BCUT2D eigenvalue weighted by atomic mass is 9.94. The van der Waals surface area contributed by atoms with Crippen molar-refractivity contribution in [2.45, 2.75) is 58.5 Å². The molecule has 3 heteroatoms. The Morgan fingerprint density at radius 1 is 1.18 bits per heavy atom. The molecule has 0 radical (unpaired) electrons. The summed E-state index contributed by atoms with van der Waals surface area (Å²) < 4.78 is 11.8. The zero-order valence-electron chi connectivity index (χ0n) is 14.5. The third kappa shape index (κ3) is 4.72. The van der Waals surface area contributed by atoms with E-state index < -0.39 is 0 Å². The van der Waals surface area contributed by atoms with Crippen LogP contribution in [-0.2, 0) is 4.74 Å². The first-order valence-corrected chi connectivity index (χ1v) is 8.67. The Kier molecular flexibility index (Phi) is 6.71. The van der Waals surface area contributed by atoms with Crippen molar-refractivity contribution in [3.63, 3.8) is 0 Å². The predicted molar refractivity (Wildman–Crippen MR) is 92.0 cm³/mol. The maximum atomic E-state index is 6.15. The minimum Gasteiger partial charge on any atom is -0.492 e.